The molecular weight excluding hydrogens is 451 g/mol. The third kappa shape index (κ3) is 4.71. The first-order valence-corrected chi connectivity index (χ1v) is 11.6. The molecule has 0 atom stereocenters. The molecule has 10 heteroatoms. The average molecular weight is 477 g/mol. The maximum atomic E-state index is 15.2. The Bertz CT molecular complexity index is 1390. The van der Waals surface area contributed by atoms with Crippen LogP contribution in [-0.2, 0) is 13.1 Å². The molecule has 2 heterocycles. The van der Waals surface area contributed by atoms with Crippen LogP contribution in [0.4, 0.5) is 10.1 Å². The van der Waals surface area contributed by atoms with Gasteiger partial charge in [-0.1, -0.05) is 29.4 Å². The second-order valence-corrected chi connectivity index (χ2v) is 9.10. The normalized spacial score (nSPS) is 16.3. The molecule has 9 nitrogen and oxygen atoms in total. The van der Waals surface area contributed by atoms with Gasteiger partial charge in [-0.25, -0.2) is 9.18 Å². The third-order valence-electron chi connectivity index (χ3n) is 6.73. The smallest absolute Gasteiger partial charge is 0.341 e. The fourth-order valence-electron chi connectivity index (χ4n) is 4.68. The van der Waals surface area contributed by atoms with Gasteiger partial charge in [0.1, 0.15) is 11.4 Å². The Hall–Kier alpha value is -3.88. The van der Waals surface area contributed by atoms with Gasteiger partial charge in [-0.05, 0) is 41.6 Å². The number of nitrogens with zero attached hydrogens (tertiary/aromatic N) is 6. The summed E-state index contributed by atoms with van der Waals surface area (Å²) in [6.45, 7) is 3.89. The zero-order valence-corrected chi connectivity index (χ0v) is 19.1. The number of hydrogen-bond acceptors (Lipinski definition) is 5. The number of piperazine rings is 1. The monoisotopic (exact) mass is 476 g/mol. The van der Waals surface area contributed by atoms with Crippen molar-refractivity contribution in [2.45, 2.75) is 32.0 Å². The summed E-state index contributed by atoms with van der Waals surface area (Å²) in [6.07, 6.45) is 3.23. The predicted octanol–water partition coefficient (Wildman–Crippen LogP) is 4.31. The minimum atomic E-state index is -1.29. The van der Waals surface area contributed by atoms with E-state index in [1.165, 1.54) is 12.3 Å². The number of azide groups is 1. The number of pyridine rings is 1. The highest BCUT2D eigenvalue weighted by Gasteiger charge is 2.28. The van der Waals surface area contributed by atoms with Crippen molar-refractivity contribution in [1.29, 1.82) is 0 Å². The first-order chi connectivity index (χ1) is 16.9. The summed E-state index contributed by atoms with van der Waals surface area (Å²) in [5.41, 5.74) is 10.6. The molecule has 0 radical (unpaired) electrons. The van der Waals surface area contributed by atoms with Crippen molar-refractivity contribution < 1.29 is 14.3 Å². The molecule has 0 unspecified atom stereocenters. The van der Waals surface area contributed by atoms with Crippen LogP contribution in [0.15, 0.2) is 52.5 Å². The van der Waals surface area contributed by atoms with Gasteiger partial charge in [0.25, 0.3) is 0 Å². The van der Waals surface area contributed by atoms with Crippen LogP contribution >= 0.6 is 0 Å². The van der Waals surface area contributed by atoms with Crippen LogP contribution in [0.2, 0.25) is 0 Å². The number of hydrogen-bond donors (Lipinski definition) is 1. The van der Waals surface area contributed by atoms with E-state index in [9.17, 15) is 14.7 Å². The number of halogens is 1. The number of anilines is 1. The topological polar surface area (TPSA) is 115 Å². The number of carbonyl (C=O) groups is 1. The molecule has 1 saturated carbocycles. The van der Waals surface area contributed by atoms with Crippen molar-refractivity contribution in [1.82, 2.24) is 9.47 Å². The first-order valence-electron chi connectivity index (χ1n) is 11.6. The Labute approximate surface area is 200 Å². The lowest BCUT2D eigenvalue weighted by atomic mass is 10.1. The SMILES string of the molecule is [N-]=[N+]=NCc1ccc(CN2CCN(c3cc4c(cc3F)c(=O)c(C(=O)O)cn4C3CC3)CC2)cc1. The lowest BCUT2D eigenvalue weighted by Gasteiger charge is -2.36. The number of fused-ring (bicyclic) bond motifs is 1. The molecule has 1 saturated heterocycles. The Morgan fingerprint density at radius 3 is 2.43 bits per heavy atom. The van der Waals surface area contributed by atoms with Crippen LogP contribution in [0.3, 0.4) is 0 Å². The van der Waals surface area contributed by atoms with Crippen molar-refractivity contribution in [3.05, 3.63) is 85.8 Å². The van der Waals surface area contributed by atoms with Gasteiger partial charge in [0.05, 0.1) is 17.7 Å². The standard InChI is InChI=1S/C25H25FN6O3/c26-21-11-19-22(32(18-5-6-18)15-20(24(19)33)25(34)35)12-23(21)31-9-7-30(8-10-31)14-17-3-1-16(2-4-17)13-28-29-27/h1-4,11-12,15,18H,5-10,13-14H2,(H,34,35). The zero-order chi connectivity index (χ0) is 24.5. The van der Waals surface area contributed by atoms with Crippen LogP contribution in [0, 0.1) is 5.82 Å². The van der Waals surface area contributed by atoms with E-state index >= 15 is 4.39 Å². The van der Waals surface area contributed by atoms with Crippen molar-refractivity contribution in [2.24, 2.45) is 5.11 Å². The number of carboxylic acids is 1. The number of carboxylic acid groups (broad SMARTS) is 1. The summed E-state index contributed by atoms with van der Waals surface area (Å²) < 4.78 is 17.0. The summed E-state index contributed by atoms with van der Waals surface area (Å²) in [4.78, 5) is 31.3. The van der Waals surface area contributed by atoms with Crippen molar-refractivity contribution in [3.63, 3.8) is 0 Å². The molecule has 1 aromatic heterocycles. The van der Waals surface area contributed by atoms with E-state index in [1.807, 2.05) is 33.7 Å². The van der Waals surface area contributed by atoms with E-state index in [2.05, 4.69) is 14.9 Å². The highest BCUT2D eigenvalue weighted by Crippen LogP contribution is 2.38. The Morgan fingerprint density at radius 2 is 1.80 bits per heavy atom. The summed E-state index contributed by atoms with van der Waals surface area (Å²) in [6, 6.07) is 11.0. The minimum absolute atomic E-state index is 0.112. The van der Waals surface area contributed by atoms with Crippen LogP contribution in [-0.4, -0.2) is 46.7 Å². The van der Waals surface area contributed by atoms with Gasteiger partial charge in [0, 0.05) is 55.3 Å². The van der Waals surface area contributed by atoms with Crippen LogP contribution in [0.5, 0.6) is 0 Å². The number of aromatic nitrogens is 1. The largest absolute Gasteiger partial charge is 0.477 e. The van der Waals surface area contributed by atoms with E-state index in [1.54, 1.807) is 6.07 Å². The summed E-state index contributed by atoms with van der Waals surface area (Å²) in [5.74, 6) is -1.80. The molecule has 2 aliphatic rings. The fraction of sp³-hybridized carbons (Fsp3) is 0.360. The number of rotatable bonds is 7. The van der Waals surface area contributed by atoms with Crippen LogP contribution in [0.1, 0.15) is 40.4 Å². The molecule has 0 amide bonds. The average Bonchev–Trinajstić information content (AvgIpc) is 3.70. The van der Waals surface area contributed by atoms with E-state index in [4.69, 9.17) is 5.53 Å². The maximum Gasteiger partial charge on any atom is 0.341 e. The molecule has 3 aromatic rings. The first kappa shape index (κ1) is 22.9. The molecule has 2 fully saturated rings. The van der Waals surface area contributed by atoms with Gasteiger partial charge >= 0.3 is 5.97 Å². The fourth-order valence-corrected chi connectivity index (χ4v) is 4.68. The molecule has 180 valence electrons. The lowest BCUT2D eigenvalue weighted by Crippen LogP contribution is -2.46. The van der Waals surface area contributed by atoms with E-state index in [0.29, 0.717) is 30.8 Å². The molecule has 0 spiro atoms. The van der Waals surface area contributed by atoms with Gasteiger partial charge in [-0.2, -0.15) is 0 Å². The lowest BCUT2D eigenvalue weighted by molar-refractivity contribution is 0.0695. The molecular formula is C25H25FN6O3. The van der Waals surface area contributed by atoms with Gasteiger partial charge in [-0.15, -0.1) is 0 Å². The van der Waals surface area contributed by atoms with Crippen molar-refractivity contribution in [3.8, 4) is 0 Å². The molecule has 0 bridgehead atoms. The van der Waals surface area contributed by atoms with Crippen molar-refractivity contribution in [2.75, 3.05) is 31.1 Å². The molecule has 1 aliphatic heterocycles. The highest BCUT2D eigenvalue weighted by molar-refractivity contribution is 5.93. The zero-order valence-electron chi connectivity index (χ0n) is 19.1. The highest BCUT2D eigenvalue weighted by atomic mass is 19.1. The Kier molecular flexibility index (Phi) is 6.15. The molecule has 35 heavy (non-hydrogen) atoms. The third-order valence-corrected chi connectivity index (χ3v) is 6.73. The minimum Gasteiger partial charge on any atom is -0.477 e. The number of benzene rings is 2. The van der Waals surface area contributed by atoms with Crippen molar-refractivity contribution >= 4 is 22.6 Å². The summed E-state index contributed by atoms with van der Waals surface area (Å²) in [7, 11) is 0. The summed E-state index contributed by atoms with van der Waals surface area (Å²) in [5, 5.41) is 13.1. The van der Waals surface area contributed by atoms with Gasteiger partial charge < -0.3 is 14.6 Å². The van der Waals surface area contributed by atoms with E-state index in [0.717, 1.165) is 43.6 Å². The van der Waals surface area contributed by atoms with E-state index < -0.39 is 17.2 Å². The van der Waals surface area contributed by atoms with Gasteiger partial charge in [0.15, 0.2) is 0 Å². The van der Waals surface area contributed by atoms with Crippen LogP contribution in [0.25, 0.3) is 21.3 Å². The second-order valence-electron chi connectivity index (χ2n) is 9.10. The Balaban J connectivity index is 1.33. The summed E-state index contributed by atoms with van der Waals surface area (Å²) >= 11 is 0. The maximum absolute atomic E-state index is 15.2. The second kappa shape index (κ2) is 9.40. The molecule has 1 aliphatic carbocycles. The Morgan fingerprint density at radius 1 is 1.11 bits per heavy atom. The predicted molar refractivity (Wildman–Crippen MR) is 130 cm³/mol. The molecule has 1 N–H and O–H groups in total. The van der Waals surface area contributed by atoms with E-state index in [-0.39, 0.29) is 17.0 Å². The molecule has 2 aromatic carbocycles. The van der Waals surface area contributed by atoms with Gasteiger partial charge in [-0.3, -0.25) is 9.69 Å². The van der Waals surface area contributed by atoms with Crippen LogP contribution < -0.4 is 10.3 Å². The quantitative estimate of drug-likeness (QED) is 0.310. The van der Waals surface area contributed by atoms with Gasteiger partial charge in [0.2, 0.25) is 5.43 Å². The molecule has 5 rings (SSSR count). The number of aromatic carboxylic acids is 1.